The first-order chi connectivity index (χ1) is 8.50. The molecule has 1 aliphatic rings. The molecule has 94 valence electrons. The van der Waals surface area contributed by atoms with Crippen molar-refractivity contribution < 1.29 is 9.00 Å². The van der Waals surface area contributed by atoms with Gasteiger partial charge in [-0.2, -0.15) is 0 Å². The molecule has 2 rings (SSSR count). The van der Waals surface area contributed by atoms with E-state index in [4.69, 9.17) is 0 Å². The molecule has 0 spiro atoms. The molecule has 0 aromatic heterocycles. The van der Waals surface area contributed by atoms with E-state index >= 15 is 0 Å². The third-order valence-electron chi connectivity index (χ3n) is 2.70. The Kier molecular flexibility index (Phi) is 3.48. The topological polar surface area (TPSA) is 37.4 Å². The summed E-state index contributed by atoms with van der Waals surface area (Å²) in [5.41, 5.74) is 2.52. The summed E-state index contributed by atoms with van der Waals surface area (Å²) >= 11 is 0. The number of hydrogen-bond donors (Lipinski definition) is 0. The van der Waals surface area contributed by atoms with Crippen molar-refractivity contribution >= 4 is 28.5 Å². The smallest absolute Gasteiger partial charge is 0.224 e. The number of carbonyl (C=O) groups excluding carboxylic acids is 1. The Morgan fingerprint density at radius 2 is 2.11 bits per heavy atom. The van der Waals surface area contributed by atoms with Crippen molar-refractivity contribution in [2.24, 2.45) is 0 Å². The molecule has 1 aromatic rings. The van der Waals surface area contributed by atoms with Crippen molar-refractivity contribution in [1.29, 1.82) is 0 Å². The van der Waals surface area contributed by atoms with E-state index < -0.39 is 10.8 Å². The molecule has 1 atom stereocenters. The number of nitrogens with zero attached hydrogens (tertiary/aromatic N) is 1. The van der Waals surface area contributed by atoms with E-state index in [-0.39, 0.29) is 5.91 Å². The van der Waals surface area contributed by atoms with Crippen LogP contribution in [0, 0.1) is 0 Å². The Morgan fingerprint density at radius 1 is 1.39 bits per heavy atom. The Hall–Kier alpha value is -1.68. The average molecular weight is 261 g/mol. The van der Waals surface area contributed by atoms with Gasteiger partial charge in [0.25, 0.3) is 0 Å². The number of anilines is 1. The van der Waals surface area contributed by atoms with Gasteiger partial charge < -0.3 is 4.90 Å². The fourth-order valence-electron chi connectivity index (χ4n) is 1.94. The molecule has 0 aliphatic carbocycles. The molecule has 18 heavy (non-hydrogen) atoms. The Balaban J connectivity index is 2.50. The highest BCUT2D eigenvalue weighted by Gasteiger charge is 2.22. The number of carbonyl (C=O) groups is 1. The first-order valence-electron chi connectivity index (χ1n) is 5.65. The maximum Gasteiger partial charge on any atom is 0.224 e. The van der Waals surface area contributed by atoms with Crippen molar-refractivity contribution in [2.75, 3.05) is 11.4 Å². The molecule has 0 fully saturated rings. The molecule has 0 saturated heterocycles. The van der Waals surface area contributed by atoms with E-state index in [1.54, 1.807) is 10.3 Å². The van der Waals surface area contributed by atoms with Crippen LogP contribution in [0.5, 0.6) is 0 Å². The highest BCUT2D eigenvalue weighted by atomic mass is 32.2. The van der Waals surface area contributed by atoms with Gasteiger partial charge >= 0.3 is 0 Å². The van der Waals surface area contributed by atoms with E-state index in [1.807, 2.05) is 31.2 Å². The van der Waals surface area contributed by atoms with Crippen LogP contribution in [0.25, 0.3) is 6.08 Å². The number of benzene rings is 1. The van der Waals surface area contributed by atoms with Crippen molar-refractivity contribution in [3.05, 3.63) is 41.3 Å². The van der Waals surface area contributed by atoms with Gasteiger partial charge in [-0.15, -0.1) is 0 Å². The predicted octanol–water partition coefficient (Wildman–Crippen LogP) is 2.71. The van der Waals surface area contributed by atoms with Crippen LogP contribution in [0.2, 0.25) is 0 Å². The van der Waals surface area contributed by atoms with E-state index in [1.165, 1.54) is 6.92 Å². The zero-order valence-electron chi connectivity index (χ0n) is 10.5. The van der Waals surface area contributed by atoms with Gasteiger partial charge in [-0.3, -0.25) is 4.79 Å². The zero-order valence-corrected chi connectivity index (χ0v) is 11.3. The lowest BCUT2D eigenvalue weighted by Gasteiger charge is -2.23. The monoisotopic (exact) mass is 261 g/mol. The highest BCUT2D eigenvalue weighted by Crippen LogP contribution is 2.33. The summed E-state index contributed by atoms with van der Waals surface area (Å²) in [6, 6.07) is 5.60. The fourth-order valence-corrected chi connectivity index (χ4v) is 3.10. The van der Waals surface area contributed by atoms with Crippen molar-refractivity contribution in [1.82, 2.24) is 0 Å². The number of amides is 1. The lowest BCUT2D eigenvalue weighted by atomic mass is 10.1. The number of fused-ring (bicyclic) bond motifs is 1. The summed E-state index contributed by atoms with van der Waals surface area (Å²) in [7, 11) is -1.17. The maximum atomic E-state index is 12.0. The molecule has 4 heteroatoms. The molecule has 3 nitrogen and oxygen atoms in total. The third-order valence-corrected chi connectivity index (χ3v) is 3.93. The van der Waals surface area contributed by atoms with Gasteiger partial charge in [0, 0.05) is 18.9 Å². The third kappa shape index (κ3) is 2.29. The highest BCUT2D eigenvalue weighted by molar-refractivity contribution is 7.88. The van der Waals surface area contributed by atoms with Gasteiger partial charge in [0.1, 0.15) is 0 Å². The Labute approximate surface area is 109 Å². The number of hydrogen-bond acceptors (Lipinski definition) is 2. The quantitative estimate of drug-likeness (QED) is 0.784. The summed E-state index contributed by atoms with van der Waals surface area (Å²) in [6.07, 6.45) is 1.83. The molecule has 1 aliphatic heterocycles. The molecule has 1 amide bonds. The van der Waals surface area contributed by atoms with Gasteiger partial charge in [-0.25, -0.2) is 4.21 Å². The summed E-state index contributed by atoms with van der Waals surface area (Å²) in [5.74, 6) is -0.0738. The van der Waals surface area contributed by atoms with Crippen LogP contribution in [0.3, 0.4) is 0 Å². The second kappa shape index (κ2) is 4.90. The van der Waals surface area contributed by atoms with Crippen LogP contribution in [-0.4, -0.2) is 16.7 Å². The van der Waals surface area contributed by atoms with Gasteiger partial charge in [-0.05, 0) is 24.6 Å². The van der Waals surface area contributed by atoms with E-state index in [9.17, 15) is 9.00 Å². The lowest BCUT2D eigenvalue weighted by Crippen LogP contribution is -2.30. The Morgan fingerprint density at radius 3 is 2.72 bits per heavy atom. The van der Waals surface area contributed by atoms with Crippen molar-refractivity contribution in [3.63, 3.8) is 0 Å². The van der Waals surface area contributed by atoms with Gasteiger partial charge in [0.15, 0.2) is 0 Å². The van der Waals surface area contributed by atoms with Crippen LogP contribution in [0.15, 0.2) is 40.7 Å². The minimum atomic E-state index is -1.17. The molecular weight excluding hydrogens is 246 g/mol. The largest absolute Gasteiger partial charge is 0.307 e. The standard InChI is InChI=1S/C14H15NO2S/c1-10(2)9-15(11(3)16)13-6-4-5-12-7-8-18(17)14(12)13/h4-8H,1,9H2,2-3H3. The first kappa shape index (κ1) is 12.8. The minimum Gasteiger partial charge on any atom is -0.307 e. The molecule has 0 N–H and O–H groups in total. The van der Waals surface area contributed by atoms with E-state index in [0.717, 1.165) is 11.1 Å². The first-order valence-corrected chi connectivity index (χ1v) is 6.86. The van der Waals surface area contributed by atoms with Crippen LogP contribution >= 0.6 is 0 Å². The normalized spacial score (nSPS) is 16.4. The van der Waals surface area contributed by atoms with Gasteiger partial charge in [0.05, 0.1) is 21.4 Å². The molecule has 0 radical (unpaired) electrons. The zero-order chi connectivity index (χ0) is 13.3. The Bertz CT molecular complexity index is 575. The lowest BCUT2D eigenvalue weighted by molar-refractivity contribution is -0.116. The SMILES string of the molecule is C=C(C)CN(C(C)=O)c1cccc2c1S(=O)C=C2. The molecular formula is C14H15NO2S. The summed E-state index contributed by atoms with van der Waals surface area (Å²) in [6.45, 7) is 7.65. The molecule has 0 saturated carbocycles. The van der Waals surface area contributed by atoms with Crippen LogP contribution < -0.4 is 4.90 Å². The second-order valence-electron chi connectivity index (χ2n) is 4.36. The summed E-state index contributed by atoms with van der Waals surface area (Å²) < 4.78 is 12.0. The molecule has 1 heterocycles. The molecule has 1 aromatic carbocycles. The van der Waals surface area contributed by atoms with Crippen molar-refractivity contribution in [3.8, 4) is 0 Å². The fraction of sp³-hybridized carbons (Fsp3) is 0.214. The van der Waals surface area contributed by atoms with Crippen LogP contribution in [0.1, 0.15) is 19.4 Å². The van der Waals surface area contributed by atoms with E-state index in [2.05, 4.69) is 6.58 Å². The van der Waals surface area contributed by atoms with Gasteiger partial charge in [0.2, 0.25) is 5.91 Å². The van der Waals surface area contributed by atoms with Crippen LogP contribution in [-0.2, 0) is 15.6 Å². The minimum absolute atomic E-state index is 0.0738. The van der Waals surface area contributed by atoms with Crippen molar-refractivity contribution in [2.45, 2.75) is 18.7 Å². The maximum absolute atomic E-state index is 12.0. The van der Waals surface area contributed by atoms with Gasteiger partial charge in [-0.1, -0.05) is 24.3 Å². The summed E-state index contributed by atoms with van der Waals surface area (Å²) in [4.78, 5) is 14.1. The van der Waals surface area contributed by atoms with E-state index in [0.29, 0.717) is 17.1 Å². The second-order valence-corrected chi connectivity index (χ2v) is 5.63. The average Bonchev–Trinajstić information content (AvgIpc) is 2.68. The molecule has 0 bridgehead atoms. The number of rotatable bonds is 3. The molecule has 1 unspecified atom stereocenters. The van der Waals surface area contributed by atoms with Crippen LogP contribution in [0.4, 0.5) is 5.69 Å². The predicted molar refractivity (Wildman–Crippen MR) is 74.7 cm³/mol. The summed E-state index contributed by atoms with van der Waals surface area (Å²) in [5, 5.41) is 1.65.